The first-order valence-corrected chi connectivity index (χ1v) is 7.09. The Balaban J connectivity index is 2.14. The number of rotatable bonds is 8. The lowest BCUT2D eigenvalue weighted by atomic mass is 9.85. The van der Waals surface area contributed by atoms with E-state index < -0.39 is 0 Å². The fourth-order valence-electron chi connectivity index (χ4n) is 2.71. The van der Waals surface area contributed by atoms with Crippen LogP contribution in [0.5, 0.6) is 0 Å². The van der Waals surface area contributed by atoms with Crippen LogP contribution in [0.1, 0.15) is 58.3 Å². The molecular weight excluding hydrogens is 198 g/mol. The molecule has 1 atom stereocenters. The summed E-state index contributed by atoms with van der Waals surface area (Å²) in [6, 6.07) is 0.576. The van der Waals surface area contributed by atoms with Gasteiger partial charge in [-0.2, -0.15) is 0 Å². The number of methoxy groups -OCH3 is 1. The van der Waals surface area contributed by atoms with Crippen LogP contribution in [-0.4, -0.2) is 26.3 Å². The molecule has 2 nitrogen and oxygen atoms in total. The van der Waals surface area contributed by atoms with Crippen molar-refractivity contribution in [2.75, 3.05) is 20.3 Å². The molecule has 0 heterocycles. The predicted octanol–water partition coefficient (Wildman–Crippen LogP) is 3.36. The summed E-state index contributed by atoms with van der Waals surface area (Å²) in [4.78, 5) is 0. The van der Waals surface area contributed by atoms with Crippen LogP contribution in [0.2, 0.25) is 0 Å². The smallest absolute Gasteiger partial charge is 0.0615 e. The maximum Gasteiger partial charge on any atom is 0.0615 e. The summed E-state index contributed by atoms with van der Waals surface area (Å²) >= 11 is 0. The summed E-state index contributed by atoms with van der Waals surface area (Å²) in [5.41, 5.74) is 0. The van der Waals surface area contributed by atoms with Crippen molar-refractivity contribution in [3.05, 3.63) is 0 Å². The summed E-state index contributed by atoms with van der Waals surface area (Å²) in [7, 11) is 1.81. The van der Waals surface area contributed by atoms with Gasteiger partial charge < -0.3 is 10.1 Å². The number of ether oxygens (including phenoxy) is 1. The van der Waals surface area contributed by atoms with E-state index in [2.05, 4.69) is 12.2 Å². The molecule has 0 aliphatic heterocycles. The Kier molecular flexibility index (Phi) is 7.87. The maximum atomic E-state index is 5.28. The first-order valence-electron chi connectivity index (χ1n) is 7.09. The molecule has 1 N–H and O–H groups in total. The van der Waals surface area contributed by atoms with Crippen LogP contribution in [0, 0.1) is 5.92 Å². The summed E-state index contributed by atoms with van der Waals surface area (Å²) in [6.45, 7) is 4.21. The lowest BCUT2D eigenvalue weighted by Crippen LogP contribution is -2.34. The van der Waals surface area contributed by atoms with Crippen LogP contribution in [0.15, 0.2) is 0 Å². The molecule has 1 rings (SSSR count). The van der Waals surface area contributed by atoms with E-state index in [0.29, 0.717) is 6.04 Å². The average Bonchev–Trinajstić information content (AvgIpc) is 2.34. The lowest BCUT2D eigenvalue weighted by molar-refractivity contribution is 0.156. The van der Waals surface area contributed by atoms with Gasteiger partial charge in [0.2, 0.25) is 0 Å². The highest BCUT2D eigenvalue weighted by molar-refractivity contribution is 4.71. The topological polar surface area (TPSA) is 21.3 Å². The van der Waals surface area contributed by atoms with Gasteiger partial charge in [0.25, 0.3) is 0 Å². The molecule has 0 aromatic carbocycles. The second-order valence-corrected chi connectivity index (χ2v) is 5.19. The Morgan fingerprint density at radius 1 is 1.25 bits per heavy atom. The molecule has 0 bridgehead atoms. The van der Waals surface area contributed by atoms with Crippen LogP contribution >= 0.6 is 0 Å². The van der Waals surface area contributed by atoms with Crippen LogP contribution < -0.4 is 5.32 Å². The van der Waals surface area contributed by atoms with E-state index in [-0.39, 0.29) is 0 Å². The molecule has 0 aromatic heterocycles. The molecule has 0 saturated heterocycles. The van der Waals surface area contributed by atoms with Crippen molar-refractivity contribution < 1.29 is 4.74 Å². The Morgan fingerprint density at radius 2 is 2.00 bits per heavy atom. The van der Waals surface area contributed by atoms with Crippen LogP contribution in [-0.2, 0) is 4.74 Å². The van der Waals surface area contributed by atoms with Crippen molar-refractivity contribution in [1.82, 2.24) is 5.32 Å². The summed E-state index contributed by atoms with van der Waals surface area (Å²) in [5.74, 6) is 0.997. The van der Waals surface area contributed by atoms with Gasteiger partial charge in [0.05, 0.1) is 6.61 Å². The van der Waals surface area contributed by atoms with Crippen molar-refractivity contribution in [2.24, 2.45) is 5.92 Å². The minimum atomic E-state index is 0.576. The molecule has 1 aliphatic rings. The molecule has 0 amide bonds. The fourth-order valence-corrected chi connectivity index (χ4v) is 2.71. The molecule has 1 fully saturated rings. The third-order valence-corrected chi connectivity index (χ3v) is 3.70. The summed E-state index contributed by atoms with van der Waals surface area (Å²) < 4.78 is 5.28. The first kappa shape index (κ1) is 14.0. The SMILES string of the molecule is CCCNC(CCC1CCCCC1)COC. The molecule has 0 radical (unpaired) electrons. The molecule has 16 heavy (non-hydrogen) atoms. The monoisotopic (exact) mass is 227 g/mol. The van der Waals surface area contributed by atoms with Crippen LogP contribution in [0.4, 0.5) is 0 Å². The van der Waals surface area contributed by atoms with Gasteiger partial charge in [0.1, 0.15) is 0 Å². The van der Waals surface area contributed by atoms with Gasteiger partial charge in [-0.3, -0.25) is 0 Å². The van der Waals surface area contributed by atoms with E-state index in [9.17, 15) is 0 Å². The van der Waals surface area contributed by atoms with Gasteiger partial charge >= 0.3 is 0 Å². The Morgan fingerprint density at radius 3 is 2.62 bits per heavy atom. The van der Waals surface area contributed by atoms with E-state index in [1.165, 1.54) is 51.4 Å². The third-order valence-electron chi connectivity index (χ3n) is 3.70. The number of hydrogen-bond acceptors (Lipinski definition) is 2. The lowest BCUT2D eigenvalue weighted by Gasteiger charge is -2.24. The van der Waals surface area contributed by atoms with Gasteiger partial charge in [-0.25, -0.2) is 0 Å². The average molecular weight is 227 g/mol. The predicted molar refractivity (Wildman–Crippen MR) is 69.8 cm³/mol. The molecule has 1 saturated carbocycles. The van der Waals surface area contributed by atoms with Crippen LogP contribution in [0.3, 0.4) is 0 Å². The van der Waals surface area contributed by atoms with E-state index in [1.807, 2.05) is 0 Å². The highest BCUT2D eigenvalue weighted by atomic mass is 16.5. The van der Waals surface area contributed by atoms with Gasteiger partial charge in [0.15, 0.2) is 0 Å². The van der Waals surface area contributed by atoms with Gasteiger partial charge in [0, 0.05) is 13.2 Å². The first-order chi connectivity index (χ1) is 7.86. The molecule has 2 heteroatoms. The normalized spacial score (nSPS) is 19.9. The Hall–Kier alpha value is -0.0800. The quantitative estimate of drug-likeness (QED) is 0.686. The van der Waals surface area contributed by atoms with E-state index in [0.717, 1.165) is 19.1 Å². The number of hydrogen-bond donors (Lipinski definition) is 1. The number of nitrogens with one attached hydrogen (secondary N) is 1. The highest BCUT2D eigenvalue weighted by Crippen LogP contribution is 2.27. The Labute approximate surface area is 101 Å². The van der Waals surface area contributed by atoms with E-state index in [1.54, 1.807) is 7.11 Å². The van der Waals surface area contributed by atoms with Gasteiger partial charge in [-0.1, -0.05) is 39.0 Å². The van der Waals surface area contributed by atoms with E-state index in [4.69, 9.17) is 4.74 Å². The molecule has 96 valence electrons. The second-order valence-electron chi connectivity index (χ2n) is 5.19. The van der Waals surface area contributed by atoms with Crippen molar-refractivity contribution in [2.45, 2.75) is 64.3 Å². The zero-order valence-corrected chi connectivity index (χ0v) is 11.1. The summed E-state index contributed by atoms with van der Waals surface area (Å²) in [5, 5.41) is 3.58. The van der Waals surface area contributed by atoms with Gasteiger partial charge in [-0.05, 0) is 31.7 Å². The Bertz CT molecular complexity index is 155. The van der Waals surface area contributed by atoms with Crippen molar-refractivity contribution in [3.63, 3.8) is 0 Å². The van der Waals surface area contributed by atoms with Crippen LogP contribution in [0.25, 0.3) is 0 Å². The zero-order valence-electron chi connectivity index (χ0n) is 11.1. The summed E-state index contributed by atoms with van der Waals surface area (Å²) in [6.07, 6.45) is 11.2. The van der Waals surface area contributed by atoms with Crippen molar-refractivity contribution in [1.29, 1.82) is 0 Å². The third kappa shape index (κ3) is 5.86. The molecule has 1 aliphatic carbocycles. The van der Waals surface area contributed by atoms with Crippen molar-refractivity contribution in [3.8, 4) is 0 Å². The molecule has 1 unspecified atom stereocenters. The van der Waals surface area contributed by atoms with E-state index >= 15 is 0 Å². The minimum Gasteiger partial charge on any atom is -0.383 e. The zero-order chi connectivity index (χ0) is 11.6. The maximum absolute atomic E-state index is 5.28. The molecule has 0 spiro atoms. The second kappa shape index (κ2) is 9.00. The fraction of sp³-hybridized carbons (Fsp3) is 1.00. The standard InChI is InChI=1S/C14H29NO/c1-3-11-15-14(12-16-2)10-9-13-7-5-4-6-8-13/h13-15H,3-12H2,1-2H3. The van der Waals surface area contributed by atoms with Crippen molar-refractivity contribution >= 4 is 0 Å². The molecule has 0 aromatic rings. The minimum absolute atomic E-state index is 0.576. The largest absolute Gasteiger partial charge is 0.383 e. The van der Waals surface area contributed by atoms with Gasteiger partial charge in [-0.15, -0.1) is 0 Å². The molecular formula is C14H29NO. The highest BCUT2D eigenvalue weighted by Gasteiger charge is 2.15.